The summed E-state index contributed by atoms with van der Waals surface area (Å²) in [6.07, 6.45) is 5.58. The van der Waals surface area contributed by atoms with Crippen molar-refractivity contribution in [1.29, 1.82) is 0 Å². The Hall–Kier alpha value is -2.06. The molecule has 0 aliphatic carbocycles. The summed E-state index contributed by atoms with van der Waals surface area (Å²) in [6.45, 7) is 9.05. The number of carboxylic acids is 1. The van der Waals surface area contributed by atoms with Crippen LogP contribution >= 0.6 is 0 Å². The van der Waals surface area contributed by atoms with Crippen LogP contribution in [0.2, 0.25) is 0 Å². The standard InChI is InChI=1S/C25H35NO6/c1-14(16(3)27)9-10-19(28)23-20(31-25(4,5)32-23)8-6-7-18-21(24(29)30)15(2)13-17-11-12-26-22(17)18/h9-10,12-14,16,19-20,23,27-28H,6-8,11H2,1-5H3,(H,29,30)/b10-9-/t14-,16?,19?,20+,23+/m0/s1. The number of carboxylic acid groups (broad SMARTS) is 1. The Bertz CT molecular complexity index is 904. The number of hydrogen-bond donors (Lipinski definition) is 3. The van der Waals surface area contributed by atoms with Gasteiger partial charge in [0.2, 0.25) is 0 Å². The first-order valence-corrected chi connectivity index (χ1v) is 11.3. The summed E-state index contributed by atoms with van der Waals surface area (Å²) in [5.41, 5.74) is 3.70. The van der Waals surface area contributed by atoms with Gasteiger partial charge in [-0.2, -0.15) is 0 Å². The predicted molar refractivity (Wildman–Crippen MR) is 123 cm³/mol. The van der Waals surface area contributed by atoms with Crippen molar-refractivity contribution in [3.8, 4) is 0 Å². The van der Waals surface area contributed by atoms with Gasteiger partial charge in [0.15, 0.2) is 5.79 Å². The Morgan fingerprint density at radius 3 is 2.66 bits per heavy atom. The monoisotopic (exact) mass is 445 g/mol. The Morgan fingerprint density at radius 1 is 1.28 bits per heavy atom. The number of fused-ring (bicyclic) bond motifs is 1. The number of aryl methyl sites for hydroxylation is 1. The molecule has 0 saturated carbocycles. The lowest BCUT2D eigenvalue weighted by molar-refractivity contribution is -0.152. The zero-order valence-corrected chi connectivity index (χ0v) is 19.5. The van der Waals surface area contributed by atoms with Gasteiger partial charge >= 0.3 is 5.97 Å². The predicted octanol–water partition coefficient (Wildman–Crippen LogP) is 3.73. The lowest BCUT2D eigenvalue weighted by Crippen LogP contribution is -2.34. The number of aliphatic imine (C=N–C) groups is 1. The van der Waals surface area contributed by atoms with Crippen molar-refractivity contribution in [2.24, 2.45) is 10.9 Å². The molecule has 0 aromatic heterocycles. The van der Waals surface area contributed by atoms with Gasteiger partial charge in [-0.15, -0.1) is 0 Å². The van der Waals surface area contributed by atoms with Gasteiger partial charge in [0.1, 0.15) is 12.2 Å². The van der Waals surface area contributed by atoms with Crippen LogP contribution in [0.25, 0.3) is 0 Å². The first-order chi connectivity index (χ1) is 15.0. The highest BCUT2D eigenvalue weighted by atomic mass is 16.8. The lowest BCUT2D eigenvalue weighted by Gasteiger charge is -2.21. The van der Waals surface area contributed by atoms with E-state index in [2.05, 4.69) is 4.99 Å². The summed E-state index contributed by atoms with van der Waals surface area (Å²) >= 11 is 0. The van der Waals surface area contributed by atoms with E-state index < -0.39 is 30.1 Å². The Labute approximate surface area is 189 Å². The van der Waals surface area contributed by atoms with E-state index in [4.69, 9.17) is 9.47 Å². The van der Waals surface area contributed by atoms with Gasteiger partial charge in [0.25, 0.3) is 0 Å². The van der Waals surface area contributed by atoms with Gasteiger partial charge in [-0.05, 0) is 69.6 Å². The van der Waals surface area contributed by atoms with Crippen molar-refractivity contribution in [1.82, 2.24) is 0 Å². The van der Waals surface area contributed by atoms with E-state index in [1.807, 2.05) is 40.0 Å². The van der Waals surface area contributed by atoms with Crippen molar-refractivity contribution in [3.63, 3.8) is 0 Å². The third kappa shape index (κ3) is 5.46. The number of ether oxygens (including phenoxy) is 2. The molecule has 1 saturated heterocycles. The largest absolute Gasteiger partial charge is 0.478 e. The van der Waals surface area contributed by atoms with Gasteiger partial charge < -0.3 is 24.8 Å². The summed E-state index contributed by atoms with van der Waals surface area (Å²) in [5.74, 6) is -1.84. The van der Waals surface area contributed by atoms with Crippen LogP contribution in [0.5, 0.6) is 0 Å². The molecule has 3 rings (SSSR count). The van der Waals surface area contributed by atoms with E-state index in [9.17, 15) is 20.1 Å². The average Bonchev–Trinajstić information content (AvgIpc) is 3.28. The number of benzene rings is 1. The minimum Gasteiger partial charge on any atom is -0.478 e. The maximum atomic E-state index is 11.9. The van der Waals surface area contributed by atoms with E-state index >= 15 is 0 Å². The summed E-state index contributed by atoms with van der Waals surface area (Å²) in [7, 11) is 0. The molecule has 2 heterocycles. The number of rotatable bonds is 9. The molecule has 7 nitrogen and oxygen atoms in total. The minimum atomic E-state index is -0.936. The van der Waals surface area contributed by atoms with Crippen LogP contribution in [0.3, 0.4) is 0 Å². The van der Waals surface area contributed by atoms with Crippen LogP contribution < -0.4 is 0 Å². The third-order valence-electron chi connectivity index (χ3n) is 6.27. The molecule has 176 valence electrons. The molecule has 0 spiro atoms. The number of nitrogens with zero attached hydrogens (tertiary/aromatic N) is 1. The molecule has 2 unspecified atom stereocenters. The maximum Gasteiger partial charge on any atom is 0.336 e. The summed E-state index contributed by atoms with van der Waals surface area (Å²) < 4.78 is 12.0. The second-order valence-electron chi connectivity index (χ2n) is 9.38. The summed E-state index contributed by atoms with van der Waals surface area (Å²) in [4.78, 5) is 16.3. The molecular formula is C25H35NO6. The van der Waals surface area contributed by atoms with Crippen LogP contribution in [-0.2, 0) is 22.3 Å². The Morgan fingerprint density at radius 2 is 2.00 bits per heavy atom. The average molecular weight is 446 g/mol. The lowest BCUT2D eigenvalue weighted by atomic mass is 9.91. The Balaban J connectivity index is 1.72. The van der Waals surface area contributed by atoms with Crippen molar-refractivity contribution in [2.75, 3.05) is 0 Å². The van der Waals surface area contributed by atoms with Crippen LogP contribution in [0.1, 0.15) is 67.6 Å². The van der Waals surface area contributed by atoms with E-state index in [0.29, 0.717) is 24.8 Å². The number of aliphatic hydroxyl groups excluding tert-OH is 2. The molecule has 32 heavy (non-hydrogen) atoms. The highest BCUT2D eigenvalue weighted by Crippen LogP contribution is 2.37. The number of hydrogen-bond acceptors (Lipinski definition) is 6. The normalized spacial score (nSPS) is 24.6. The maximum absolute atomic E-state index is 11.9. The molecular weight excluding hydrogens is 410 g/mol. The topological polar surface area (TPSA) is 109 Å². The number of aliphatic hydroxyl groups is 2. The van der Waals surface area contributed by atoms with Gasteiger partial charge in [-0.25, -0.2) is 4.79 Å². The van der Waals surface area contributed by atoms with E-state index in [0.717, 1.165) is 28.8 Å². The van der Waals surface area contributed by atoms with Gasteiger partial charge in [-0.1, -0.05) is 25.1 Å². The fraction of sp³-hybridized carbons (Fsp3) is 0.600. The molecule has 2 aliphatic heterocycles. The number of aromatic carboxylic acids is 1. The van der Waals surface area contributed by atoms with Crippen LogP contribution in [0, 0.1) is 12.8 Å². The second-order valence-corrected chi connectivity index (χ2v) is 9.38. The molecule has 0 radical (unpaired) electrons. The Kier molecular flexibility index (Phi) is 7.55. The summed E-state index contributed by atoms with van der Waals surface area (Å²) in [6, 6.07) is 1.92. The molecule has 0 bridgehead atoms. The zero-order chi connectivity index (χ0) is 23.6. The highest BCUT2D eigenvalue weighted by Gasteiger charge is 2.43. The second kappa shape index (κ2) is 9.83. The molecule has 1 fully saturated rings. The van der Waals surface area contributed by atoms with Crippen molar-refractivity contribution in [3.05, 3.63) is 40.5 Å². The molecule has 1 aromatic rings. The molecule has 1 aromatic carbocycles. The van der Waals surface area contributed by atoms with Crippen molar-refractivity contribution < 1.29 is 29.6 Å². The van der Waals surface area contributed by atoms with Gasteiger partial charge in [0.05, 0.1) is 23.5 Å². The fourth-order valence-corrected chi connectivity index (χ4v) is 4.46. The molecule has 5 atom stereocenters. The first-order valence-electron chi connectivity index (χ1n) is 11.3. The summed E-state index contributed by atoms with van der Waals surface area (Å²) in [5, 5.41) is 30.1. The zero-order valence-electron chi connectivity index (χ0n) is 19.5. The van der Waals surface area contributed by atoms with Crippen LogP contribution in [0.4, 0.5) is 5.69 Å². The minimum absolute atomic E-state index is 0.0863. The molecule has 3 N–H and O–H groups in total. The van der Waals surface area contributed by atoms with Crippen molar-refractivity contribution in [2.45, 2.75) is 90.5 Å². The fourth-order valence-electron chi connectivity index (χ4n) is 4.46. The van der Waals surface area contributed by atoms with Crippen molar-refractivity contribution >= 4 is 17.9 Å². The van der Waals surface area contributed by atoms with Crippen LogP contribution in [-0.4, -0.2) is 57.7 Å². The first kappa shape index (κ1) is 24.6. The van der Waals surface area contributed by atoms with Gasteiger partial charge in [-0.3, -0.25) is 4.99 Å². The van der Waals surface area contributed by atoms with Gasteiger partial charge in [0, 0.05) is 12.6 Å². The quantitative estimate of drug-likeness (QED) is 0.500. The number of carbonyl (C=O) groups is 1. The highest BCUT2D eigenvalue weighted by molar-refractivity contribution is 5.95. The molecule has 2 aliphatic rings. The van der Waals surface area contributed by atoms with E-state index in [1.54, 1.807) is 19.1 Å². The van der Waals surface area contributed by atoms with E-state index in [-0.39, 0.29) is 12.0 Å². The third-order valence-corrected chi connectivity index (χ3v) is 6.27. The molecule has 0 amide bonds. The van der Waals surface area contributed by atoms with Crippen LogP contribution in [0.15, 0.2) is 23.2 Å². The molecule has 7 heteroatoms. The SMILES string of the molecule is Cc1cc2c(c(CCC[C@H]3OC(C)(C)O[C@@H]3C(O)/C=C\[C@H](C)C(C)O)c1C(=O)O)N=CC2. The smallest absolute Gasteiger partial charge is 0.336 e. The van der Waals surface area contributed by atoms with E-state index in [1.165, 1.54) is 0 Å².